The number of methoxy groups -OCH3 is 3. The van der Waals surface area contributed by atoms with Crippen LogP contribution in [0.4, 0.5) is 0 Å². The molecule has 1 aliphatic heterocycles. The van der Waals surface area contributed by atoms with E-state index in [2.05, 4.69) is 15.3 Å². The van der Waals surface area contributed by atoms with E-state index in [4.69, 9.17) is 14.2 Å². The number of ether oxygens (including phenoxy) is 3. The van der Waals surface area contributed by atoms with Gasteiger partial charge in [-0.15, -0.1) is 11.3 Å². The number of hydrogen-bond donors (Lipinski definition) is 1. The number of para-hydroxylation sites is 1. The average Bonchev–Trinajstić information content (AvgIpc) is 3.21. The highest BCUT2D eigenvalue weighted by Gasteiger charge is 2.27. The third kappa shape index (κ3) is 5.38. The first kappa shape index (κ1) is 24.9. The lowest BCUT2D eigenvalue weighted by Gasteiger charge is -2.32. The minimum absolute atomic E-state index is 0.000504. The number of rotatable bonds is 8. The summed E-state index contributed by atoms with van der Waals surface area (Å²) in [4.78, 5) is 38.0. The monoisotopic (exact) mass is 498 g/mol. The number of hydrogen-bond acceptors (Lipinski definition) is 8. The number of nitrogens with zero attached hydrogens (tertiary/aromatic N) is 3. The molecule has 1 saturated heterocycles. The van der Waals surface area contributed by atoms with Gasteiger partial charge in [0, 0.05) is 31.8 Å². The molecule has 0 saturated carbocycles. The molecule has 1 fully saturated rings. The second-order valence-electron chi connectivity index (χ2n) is 8.44. The molecular weight excluding hydrogens is 468 g/mol. The van der Waals surface area contributed by atoms with Gasteiger partial charge in [-0.05, 0) is 31.4 Å². The van der Waals surface area contributed by atoms with E-state index in [1.165, 1.54) is 11.3 Å². The quantitative estimate of drug-likeness (QED) is 0.509. The molecule has 3 aromatic rings. The van der Waals surface area contributed by atoms with Gasteiger partial charge in [0.15, 0.2) is 5.82 Å². The van der Waals surface area contributed by atoms with Crippen molar-refractivity contribution >= 4 is 33.4 Å². The van der Waals surface area contributed by atoms with Crippen molar-refractivity contribution in [2.45, 2.75) is 38.8 Å². The number of benzene rings is 1. The van der Waals surface area contributed by atoms with Crippen LogP contribution in [0.15, 0.2) is 24.3 Å². The highest BCUT2D eigenvalue weighted by Crippen LogP contribution is 2.35. The van der Waals surface area contributed by atoms with E-state index in [1.807, 2.05) is 36.1 Å². The summed E-state index contributed by atoms with van der Waals surface area (Å²) in [6, 6.07) is 7.57. The number of piperidine rings is 1. The Morgan fingerprint density at radius 2 is 1.86 bits per heavy atom. The smallest absolute Gasteiger partial charge is 0.261 e. The largest absolute Gasteiger partial charge is 0.496 e. The van der Waals surface area contributed by atoms with Crippen molar-refractivity contribution in [3.8, 4) is 11.6 Å². The van der Waals surface area contributed by atoms with Gasteiger partial charge in [0.2, 0.25) is 11.8 Å². The van der Waals surface area contributed by atoms with Gasteiger partial charge < -0.3 is 24.4 Å². The third-order valence-electron chi connectivity index (χ3n) is 6.19. The normalized spacial score (nSPS) is 14.2. The van der Waals surface area contributed by atoms with Gasteiger partial charge in [-0.1, -0.05) is 18.2 Å². The average molecular weight is 499 g/mol. The molecule has 4 rings (SSSR count). The van der Waals surface area contributed by atoms with Crippen LogP contribution in [0.1, 0.15) is 39.5 Å². The summed E-state index contributed by atoms with van der Waals surface area (Å²) in [6.45, 7) is 3.35. The van der Waals surface area contributed by atoms with Crippen molar-refractivity contribution in [2.24, 2.45) is 0 Å². The molecule has 0 unspecified atom stereocenters. The number of carbonyl (C=O) groups is 2. The SMILES string of the molecule is COCc1nc(OC)c2c(C)c(C(=O)NC3CCN(C(=O)Cc4ccccc4OC)CC3)sc2n1. The first-order valence-electron chi connectivity index (χ1n) is 11.5. The van der Waals surface area contributed by atoms with E-state index in [1.54, 1.807) is 21.3 Å². The molecular formula is C25H30N4O5S. The Balaban J connectivity index is 1.39. The zero-order chi connectivity index (χ0) is 24.9. The van der Waals surface area contributed by atoms with Gasteiger partial charge in [-0.25, -0.2) is 4.98 Å². The van der Waals surface area contributed by atoms with Gasteiger partial charge >= 0.3 is 0 Å². The first-order chi connectivity index (χ1) is 16.9. The summed E-state index contributed by atoms with van der Waals surface area (Å²) < 4.78 is 16.0. The van der Waals surface area contributed by atoms with Crippen LogP contribution in [0.25, 0.3) is 10.2 Å². The van der Waals surface area contributed by atoms with Crippen molar-refractivity contribution in [1.29, 1.82) is 0 Å². The van der Waals surface area contributed by atoms with Gasteiger partial charge in [0.1, 0.15) is 17.2 Å². The maximum Gasteiger partial charge on any atom is 0.261 e. The molecule has 0 aliphatic carbocycles. The summed E-state index contributed by atoms with van der Waals surface area (Å²) >= 11 is 1.33. The summed E-state index contributed by atoms with van der Waals surface area (Å²) in [6.07, 6.45) is 1.71. The molecule has 10 heteroatoms. The topological polar surface area (TPSA) is 103 Å². The highest BCUT2D eigenvalue weighted by molar-refractivity contribution is 7.20. The minimum Gasteiger partial charge on any atom is -0.496 e. The predicted molar refractivity (Wildman–Crippen MR) is 133 cm³/mol. The highest BCUT2D eigenvalue weighted by atomic mass is 32.1. The Hall–Kier alpha value is -3.24. The van der Waals surface area contributed by atoms with Crippen LogP contribution in [0.2, 0.25) is 0 Å². The second-order valence-corrected chi connectivity index (χ2v) is 9.43. The van der Waals surface area contributed by atoms with Crippen molar-refractivity contribution in [2.75, 3.05) is 34.4 Å². The van der Waals surface area contributed by atoms with E-state index >= 15 is 0 Å². The Morgan fingerprint density at radius 3 is 2.54 bits per heavy atom. The van der Waals surface area contributed by atoms with Crippen molar-refractivity contribution in [3.63, 3.8) is 0 Å². The molecule has 0 bridgehead atoms. The number of fused-ring (bicyclic) bond motifs is 1. The summed E-state index contributed by atoms with van der Waals surface area (Å²) in [5.41, 5.74) is 1.68. The zero-order valence-electron chi connectivity index (χ0n) is 20.4. The van der Waals surface area contributed by atoms with Gasteiger partial charge in [-0.2, -0.15) is 4.98 Å². The number of nitrogens with one attached hydrogen (secondary N) is 1. The second kappa shape index (κ2) is 11.0. The molecule has 0 spiro atoms. The molecule has 1 N–H and O–H groups in total. The van der Waals surface area contributed by atoms with E-state index in [0.29, 0.717) is 53.8 Å². The first-order valence-corrected chi connectivity index (χ1v) is 12.3. The fourth-order valence-corrected chi connectivity index (χ4v) is 5.44. The molecule has 0 atom stereocenters. The number of aromatic nitrogens is 2. The Bertz CT molecular complexity index is 1220. The third-order valence-corrected chi connectivity index (χ3v) is 7.38. The standard InChI is InChI=1S/C25H30N4O5S/c1-15-21-24(34-4)27-19(14-32-2)28-25(21)35-22(15)23(31)26-17-9-11-29(12-10-17)20(30)13-16-7-5-6-8-18(16)33-3/h5-8,17H,9-14H2,1-4H3,(H,26,31). The fraction of sp³-hybridized carbons (Fsp3) is 0.440. The van der Waals surface area contributed by atoms with Crippen LogP contribution in [0.5, 0.6) is 11.6 Å². The van der Waals surface area contributed by atoms with Gasteiger partial charge in [0.25, 0.3) is 5.91 Å². The molecule has 2 aromatic heterocycles. The van der Waals surface area contributed by atoms with Gasteiger partial charge in [-0.3, -0.25) is 9.59 Å². The molecule has 35 heavy (non-hydrogen) atoms. The molecule has 2 amide bonds. The fourth-order valence-electron chi connectivity index (χ4n) is 4.35. The Kier molecular flexibility index (Phi) is 7.82. The Morgan fingerprint density at radius 1 is 1.11 bits per heavy atom. The maximum atomic E-state index is 13.1. The van der Waals surface area contributed by atoms with Crippen LogP contribution in [-0.4, -0.2) is 67.1 Å². The van der Waals surface area contributed by atoms with Crippen LogP contribution in [-0.2, 0) is 22.6 Å². The number of carbonyl (C=O) groups excluding carboxylic acids is 2. The predicted octanol–water partition coefficient (Wildman–Crippen LogP) is 3.13. The van der Waals surface area contributed by atoms with E-state index < -0.39 is 0 Å². The lowest BCUT2D eigenvalue weighted by atomic mass is 10.0. The van der Waals surface area contributed by atoms with Gasteiger partial charge in [0.05, 0.1) is 30.9 Å². The number of thiophene rings is 1. The van der Waals surface area contributed by atoms with Crippen LogP contribution >= 0.6 is 11.3 Å². The lowest BCUT2D eigenvalue weighted by molar-refractivity contribution is -0.131. The number of amides is 2. The van der Waals surface area contributed by atoms with Crippen molar-refractivity contribution in [3.05, 3.63) is 46.1 Å². The van der Waals surface area contributed by atoms with E-state index in [9.17, 15) is 9.59 Å². The number of aryl methyl sites for hydroxylation is 1. The van der Waals surface area contributed by atoms with Crippen molar-refractivity contribution in [1.82, 2.24) is 20.2 Å². The minimum atomic E-state index is -0.139. The molecule has 186 valence electrons. The van der Waals surface area contributed by atoms with Crippen LogP contribution in [0.3, 0.4) is 0 Å². The summed E-state index contributed by atoms with van der Waals surface area (Å²) in [5, 5.41) is 3.89. The summed E-state index contributed by atoms with van der Waals surface area (Å²) in [7, 11) is 4.74. The van der Waals surface area contributed by atoms with Crippen LogP contribution in [0, 0.1) is 6.92 Å². The number of likely N-dealkylation sites (tertiary alicyclic amines) is 1. The molecule has 1 aromatic carbocycles. The zero-order valence-corrected chi connectivity index (χ0v) is 21.2. The maximum absolute atomic E-state index is 13.1. The summed E-state index contributed by atoms with van der Waals surface area (Å²) in [5.74, 6) is 1.60. The molecule has 9 nitrogen and oxygen atoms in total. The molecule has 1 aliphatic rings. The lowest BCUT2D eigenvalue weighted by Crippen LogP contribution is -2.46. The van der Waals surface area contributed by atoms with Crippen molar-refractivity contribution < 1.29 is 23.8 Å². The van der Waals surface area contributed by atoms with Crippen LogP contribution < -0.4 is 14.8 Å². The molecule has 3 heterocycles. The van der Waals surface area contributed by atoms with E-state index in [-0.39, 0.29) is 24.5 Å². The molecule has 0 radical (unpaired) electrons. The Labute approximate surface area is 208 Å². The van der Waals surface area contributed by atoms with E-state index in [0.717, 1.165) is 22.3 Å².